The number of nitrogens with zero attached hydrogens (tertiary/aromatic N) is 3. The minimum absolute atomic E-state index is 0.353. The van der Waals surface area contributed by atoms with Crippen LogP contribution in [-0.2, 0) is 6.54 Å². The fourth-order valence-corrected chi connectivity index (χ4v) is 2.57. The maximum absolute atomic E-state index is 13.1. The van der Waals surface area contributed by atoms with Crippen LogP contribution in [0.2, 0.25) is 0 Å². The van der Waals surface area contributed by atoms with Crippen molar-refractivity contribution in [2.75, 3.05) is 5.32 Å². The van der Waals surface area contributed by atoms with Crippen molar-refractivity contribution < 1.29 is 4.39 Å². The Balaban J connectivity index is 1.71. The molecule has 0 aliphatic carbocycles. The lowest BCUT2D eigenvalue weighted by Gasteiger charge is -2.09. The standard InChI is InChI=1S/C18H14FN5/c19-13-1-2-16(22-11-13)15-9-17(24-18-14(15)5-8-21-18)23-10-12-3-6-20-7-4-12/h1-9,11H,10H2,(H2,21,23,24). The van der Waals surface area contributed by atoms with E-state index in [-0.39, 0.29) is 5.82 Å². The average Bonchev–Trinajstić information content (AvgIpc) is 3.09. The van der Waals surface area contributed by atoms with Gasteiger partial charge in [0.05, 0.1) is 11.9 Å². The molecule has 2 N–H and O–H groups in total. The number of nitrogens with one attached hydrogen (secondary N) is 2. The van der Waals surface area contributed by atoms with Gasteiger partial charge < -0.3 is 10.3 Å². The van der Waals surface area contributed by atoms with Gasteiger partial charge in [0, 0.05) is 36.1 Å². The van der Waals surface area contributed by atoms with E-state index in [2.05, 4.69) is 25.3 Å². The molecule has 0 aromatic carbocycles. The van der Waals surface area contributed by atoms with Gasteiger partial charge in [-0.3, -0.25) is 9.97 Å². The summed E-state index contributed by atoms with van der Waals surface area (Å²) < 4.78 is 13.1. The molecule has 4 rings (SSSR count). The second-order valence-electron chi connectivity index (χ2n) is 5.37. The third-order valence-corrected chi connectivity index (χ3v) is 3.75. The Morgan fingerprint density at radius 3 is 2.75 bits per heavy atom. The van der Waals surface area contributed by atoms with Crippen LogP contribution in [0.25, 0.3) is 22.3 Å². The van der Waals surface area contributed by atoms with E-state index in [0.717, 1.165) is 28.0 Å². The van der Waals surface area contributed by atoms with Gasteiger partial charge in [-0.25, -0.2) is 9.37 Å². The fourth-order valence-electron chi connectivity index (χ4n) is 2.57. The van der Waals surface area contributed by atoms with Gasteiger partial charge in [0.1, 0.15) is 17.3 Å². The summed E-state index contributed by atoms with van der Waals surface area (Å²) in [6.45, 7) is 0.637. The highest BCUT2D eigenvalue weighted by Gasteiger charge is 2.10. The predicted octanol–water partition coefficient (Wildman–Crippen LogP) is 3.77. The first kappa shape index (κ1) is 14.3. The van der Waals surface area contributed by atoms with Gasteiger partial charge in [-0.15, -0.1) is 0 Å². The quantitative estimate of drug-likeness (QED) is 0.601. The van der Waals surface area contributed by atoms with Gasteiger partial charge in [0.15, 0.2) is 0 Å². The highest BCUT2D eigenvalue weighted by atomic mass is 19.1. The molecule has 4 heterocycles. The van der Waals surface area contributed by atoms with E-state index < -0.39 is 0 Å². The lowest BCUT2D eigenvalue weighted by molar-refractivity contribution is 0.622. The van der Waals surface area contributed by atoms with Crippen molar-refractivity contribution in [3.63, 3.8) is 0 Å². The molecule has 0 radical (unpaired) electrons. The van der Waals surface area contributed by atoms with Gasteiger partial charge in [-0.05, 0) is 42.0 Å². The Kier molecular flexibility index (Phi) is 3.63. The van der Waals surface area contributed by atoms with E-state index in [0.29, 0.717) is 12.2 Å². The minimum atomic E-state index is -0.353. The molecule has 0 aliphatic heterocycles. The van der Waals surface area contributed by atoms with Gasteiger partial charge >= 0.3 is 0 Å². The monoisotopic (exact) mass is 319 g/mol. The number of fused-ring (bicyclic) bond motifs is 1. The Hall–Kier alpha value is -3.28. The van der Waals surface area contributed by atoms with Crippen LogP contribution >= 0.6 is 0 Å². The molecule has 6 heteroatoms. The van der Waals surface area contributed by atoms with E-state index in [4.69, 9.17) is 0 Å². The van der Waals surface area contributed by atoms with Crippen molar-refractivity contribution in [1.82, 2.24) is 19.9 Å². The summed E-state index contributed by atoms with van der Waals surface area (Å²) in [5, 5.41) is 4.25. The second-order valence-corrected chi connectivity index (χ2v) is 5.37. The first-order valence-electron chi connectivity index (χ1n) is 7.52. The van der Waals surface area contributed by atoms with Crippen LogP contribution < -0.4 is 5.32 Å². The maximum Gasteiger partial charge on any atom is 0.141 e. The molecule has 0 aliphatic rings. The second kappa shape index (κ2) is 6.08. The largest absolute Gasteiger partial charge is 0.366 e. The van der Waals surface area contributed by atoms with Crippen molar-refractivity contribution in [3.8, 4) is 11.3 Å². The molecule has 0 unspecified atom stereocenters. The summed E-state index contributed by atoms with van der Waals surface area (Å²) in [5.41, 5.74) is 3.48. The molecular weight excluding hydrogens is 305 g/mol. The number of aromatic nitrogens is 4. The van der Waals surface area contributed by atoms with Crippen LogP contribution in [0.5, 0.6) is 0 Å². The van der Waals surface area contributed by atoms with Crippen molar-refractivity contribution in [3.05, 3.63) is 72.6 Å². The van der Waals surface area contributed by atoms with Crippen LogP contribution in [0.3, 0.4) is 0 Å². The molecule has 118 valence electrons. The third-order valence-electron chi connectivity index (χ3n) is 3.75. The Morgan fingerprint density at radius 2 is 1.96 bits per heavy atom. The Labute approximate surface area is 137 Å². The van der Waals surface area contributed by atoms with E-state index in [1.54, 1.807) is 18.5 Å². The van der Waals surface area contributed by atoms with Gasteiger partial charge in [-0.1, -0.05) is 0 Å². The van der Waals surface area contributed by atoms with E-state index in [9.17, 15) is 4.39 Å². The molecule has 0 amide bonds. The Morgan fingerprint density at radius 1 is 1.08 bits per heavy atom. The lowest BCUT2D eigenvalue weighted by Crippen LogP contribution is -2.02. The normalized spacial score (nSPS) is 10.9. The first-order chi connectivity index (χ1) is 11.8. The van der Waals surface area contributed by atoms with Crippen LogP contribution in [0.15, 0.2) is 61.2 Å². The maximum atomic E-state index is 13.1. The molecule has 0 saturated heterocycles. The number of hydrogen-bond donors (Lipinski definition) is 2. The van der Waals surface area contributed by atoms with Crippen molar-refractivity contribution >= 4 is 16.9 Å². The van der Waals surface area contributed by atoms with E-state index >= 15 is 0 Å². The number of hydrogen-bond acceptors (Lipinski definition) is 4. The summed E-state index contributed by atoms with van der Waals surface area (Å²) in [6, 6.07) is 10.8. The SMILES string of the molecule is Fc1ccc(-c2cc(NCc3ccncc3)nc3[nH]ccc23)nc1. The van der Waals surface area contributed by atoms with Crippen molar-refractivity contribution in [2.24, 2.45) is 0 Å². The zero-order valence-electron chi connectivity index (χ0n) is 12.7. The molecule has 24 heavy (non-hydrogen) atoms. The highest BCUT2D eigenvalue weighted by molar-refractivity contribution is 5.93. The first-order valence-corrected chi connectivity index (χ1v) is 7.52. The molecule has 4 aromatic heterocycles. The number of anilines is 1. The molecule has 0 spiro atoms. The van der Waals surface area contributed by atoms with Crippen LogP contribution in [0, 0.1) is 5.82 Å². The van der Waals surface area contributed by atoms with Crippen molar-refractivity contribution in [2.45, 2.75) is 6.54 Å². The van der Waals surface area contributed by atoms with Gasteiger partial charge in [0.25, 0.3) is 0 Å². The number of rotatable bonds is 4. The summed E-state index contributed by atoms with van der Waals surface area (Å²) in [4.78, 5) is 15.9. The summed E-state index contributed by atoms with van der Waals surface area (Å²) in [6.07, 6.45) is 6.56. The molecule has 0 bridgehead atoms. The topological polar surface area (TPSA) is 66.5 Å². The van der Waals surface area contributed by atoms with Crippen LogP contribution in [0.4, 0.5) is 10.2 Å². The smallest absolute Gasteiger partial charge is 0.141 e. The third kappa shape index (κ3) is 2.81. The van der Waals surface area contributed by atoms with E-state index in [1.165, 1.54) is 12.3 Å². The van der Waals surface area contributed by atoms with Crippen LogP contribution in [0.1, 0.15) is 5.56 Å². The molecular formula is C18H14FN5. The molecule has 0 fully saturated rings. The summed E-state index contributed by atoms with van der Waals surface area (Å²) in [5.74, 6) is 0.372. The minimum Gasteiger partial charge on any atom is -0.366 e. The lowest BCUT2D eigenvalue weighted by atomic mass is 10.1. The number of halogens is 1. The number of aromatic amines is 1. The molecule has 5 nitrogen and oxygen atoms in total. The predicted molar refractivity (Wildman–Crippen MR) is 90.8 cm³/mol. The average molecular weight is 319 g/mol. The molecule has 0 saturated carbocycles. The number of H-pyrrole nitrogens is 1. The Bertz CT molecular complexity index is 964. The summed E-state index contributed by atoms with van der Waals surface area (Å²) >= 11 is 0. The van der Waals surface area contributed by atoms with Crippen LogP contribution in [-0.4, -0.2) is 19.9 Å². The molecule has 4 aromatic rings. The van der Waals surface area contributed by atoms with Gasteiger partial charge in [-0.2, -0.15) is 0 Å². The highest BCUT2D eigenvalue weighted by Crippen LogP contribution is 2.28. The van der Waals surface area contributed by atoms with E-state index in [1.807, 2.05) is 30.5 Å². The molecule has 0 atom stereocenters. The van der Waals surface area contributed by atoms with Crippen molar-refractivity contribution in [1.29, 1.82) is 0 Å². The zero-order chi connectivity index (χ0) is 16.4. The number of pyridine rings is 3. The summed E-state index contributed by atoms with van der Waals surface area (Å²) in [7, 11) is 0. The zero-order valence-corrected chi connectivity index (χ0v) is 12.7. The fraction of sp³-hybridized carbons (Fsp3) is 0.0556. The van der Waals surface area contributed by atoms with Gasteiger partial charge in [0.2, 0.25) is 0 Å².